The van der Waals surface area contributed by atoms with E-state index >= 15 is 0 Å². The van der Waals surface area contributed by atoms with E-state index in [1.54, 1.807) is 19.2 Å². The maximum Gasteiger partial charge on any atom is 0.303 e. The van der Waals surface area contributed by atoms with Crippen LogP contribution in [0.1, 0.15) is 24.8 Å². The summed E-state index contributed by atoms with van der Waals surface area (Å²) in [5.41, 5.74) is 0.906. The SMILES string of the molecule is COc1ccc([C@H](C)CC(=O)O)cc1Cl. The first-order chi connectivity index (χ1) is 7.04. The molecule has 0 aliphatic heterocycles. The molecule has 1 atom stereocenters. The minimum Gasteiger partial charge on any atom is -0.495 e. The van der Waals surface area contributed by atoms with Crippen LogP contribution in [0.2, 0.25) is 5.02 Å². The first-order valence-corrected chi connectivity index (χ1v) is 4.97. The molecule has 4 heteroatoms. The third kappa shape index (κ3) is 3.13. The monoisotopic (exact) mass is 228 g/mol. The van der Waals surface area contributed by atoms with E-state index in [1.165, 1.54) is 0 Å². The molecule has 15 heavy (non-hydrogen) atoms. The second-order valence-corrected chi connectivity index (χ2v) is 3.80. The van der Waals surface area contributed by atoms with Gasteiger partial charge in [-0.2, -0.15) is 0 Å². The fourth-order valence-electron chi connectivity index (χ4n) is 1.37. The number of rotatable bonds is 4. The maximum atomic E-state index is 10.5. The van der Waals surface area contributed by atoms with Crippen molar-refractivity contribution < 1.29 is 14.6 Å². The Kier molecular flexibility index (Phi) is 3.97. The highest BCUT2D eigenvalue weighted by atomic mass is 35.5. The standard InChI is InChI=1S/C11H13ClO3/c1-7(5-11(13)14)8-3-4-10(15-2)9(12)6-8/h3-4,6-7H,5H2,1-2H3,(H,13,14)/t7-/m1/s1. The highest BCUT2D eigenvalue weighted by Gasteiger charge is 2.11. The fraction of sp³-hybridized carbons (Fsp3) is 0.364. The van der Waals surface area contributed by atoms with E-state index in [0.717, 1.165) is 5.56 Å². The van der Waals surface area contributed by atoms with E-state index in [1.807, 2.05) is 13.0 Å². The van der Waals surface area contributed by atoms with Gasteiger partial charge in [0.05, 0.1) is 18.6 Å². The van der Waals surface area contributed by atoms with Gasteiger partial charge < -0.3 is 9.84 Å². The zero-order valence-electron chi connectivity index (χ0n) is 8.66. The minimum absolute atomic E-state index is 0.0501. The topological polar surface area (TPSA) is 46.5 Å². The van der Waals surface area contributed by atoms with E-state index < -0.39 is 5.97 Å². The van der Waals surface area contributed by atoms with Crippen LogP contribution in [0.3, 0.4) is 0 Å². The van der Waals surface area contributed by atoms with Crippen LogP contribution in [0, 0.1) is 0 Å². The predicted octanol–water partition coefficient (Wildman–Crippen LogP) is 2.93. The number of hydrogen-bond donors (Lipinski definition) is 1. The molecule has 0 saturated heterocycles. The van der Waals surface area contributed by atoms with Gasteiger partial charge in [-0.05, 0) is 23.6 Å². The van der Waals surface area contributed by atoms with Crippen LogP contribution in [-0.4, -0.2) is 18.2 Å². The lowest BCUT2D eigenvalue weighted by atomic mass is 9.98. The van der Waals surface area contributed by atoms with Crippen LogP contribution in [0.5, 0.6) is 5.75 Å². The molecule has 82 valence electrons. The van der Waals surface area contributed by atoms with Crippen LogP contribution < -0.4 is 4.74 Å². The number of halogens is 1. The van der Waals surface area contributed by atoms with Crippen molar-refractivity contribution in [1.82, 2.24) is 0 Å². The summed E-state index contributed by atoms with van der Waals surface area (Å²) < 4.78 is 5.01. The fourth-order valence-corrected chi connectivity index (χ4v) is 1.64. The number of benzene rings is 1. The van der Waals surface area contributed by atoms with Gasteiger partial charge in [0.25, 0.3) is 0 Å². The summed E-state index contributed by atoms with van der Waals surface area (Å²) in [5.74, 6) is -0.261. The van der Waals surface area contributed by atoms with Gasteiger partial charge in [-0.1, -0.05) is 24.6 Å². The second kappa shape index (κ2) is 5.03. The molecule has 1 rings (SSSR count). The van der Waals surface area contributed by atoms with Gasteiger partial charge in [0.1, 0.15) is 5.75 Å². The number of carbonyl (C=O) groups is 1. The predicted molar refractivity (Wildman–Crippen MR) is 58.7 cm³/mol. The Morgan fingerprint density at radius 3 is 2.73 bits per heavy atom. The molecule has 1 aromatic carbocycles. The first-order valence-electron chi connectivity index (χ1n) is 4.59. The van der Waals surface area contributed by atoms with Crippen LogP contribution in [-0.2, 0) is 4.79 Å². The quantitative estimate of drug-likeness (QED) is 0.862. The summed E-state index contributed by atoms with van der Waals surface area (Å²) in [6, 6.07) is 5.32. The molecular weight excluding hydrogens is 216 g/mol. The van der Waals surface area contributed by atoms with Crippen molar-refractivity contribution in [1.29, 1.82) is 0 Å². The molecule has 1 N–H and O–H groups in total. The Morgan fingerprint density at radius 2 is 2.27 bits per heavy atom. The van der Waals surface area contributed by atoms with E-state index in [0.29, 0.717) is 10.8 Å². The third-order valence-electron chi connectivity index (χ3n) is 2.23. The molecule has 0 aromatic heterocycles. The summed E-state index contributed by atoms with van der Waals surface area (Å²) >= 11 is 5.94. The van der Waals surface area contributed by atoms with Crippen molar-refractivity contribution >= 4 is 17.6 Å². The number of hydrogen-bond acceptors (Lipinski definition) is 2. The molecule has 1 aromatic rings. The zero-order chi connectivity index (χ0) is 11.4. The molecule has 0 spiro atoms. The summed E-state index contributed by atoms with van der Waals surface area (Å²) in [7, 11) is 1.54. The van der Waals surface area contributed by atoms with Gasteiger partial charge in [-0.25, -0.2) is 0 Å². The van der Waals surface area contributed by atoms with Crippen molar-refractivity contribution in [2.75, 3.05) is 7.11 Å². The summed E-state index contributed by atoms with van der Waals surface area (Å²) in [5, 5.41) is 9.16. The van der Waals surface area contributed by atoms with Crippen LogP contribution in [0.15, 0.2) is 18.2 Å². The van der Waals surface area contributed by atoms with Gasteiger partial charge in [0, 0.05) is 0 Å². The lowest BCUT2D eigenvalue weighted by Gasteiger charge is -2.11. The van der Waals surface area contributed by atoms with Gasteiger partial charge in [-0.3, -0.25) is 4.79 Å². The molecule has 0 unspecified atom stereocenters. The van der Waals surface area contributed by atoms with E-state index in [4.69, 9.17) is 21.4 Å². The number of methoxy groups -OCH3 is 1. The number of ether oxygens (including phenoxy) is 1. The lowest BCUT2D eigenvalue weighted by molar-refractivity contribution is -0.137. The van der Waals surface area contributed by atoms with Gasteiger partial charge in [0.2, 0.25) is 0 Å². The van der Waals surface area contributed by atoms with Crippen molar-refractivity contribution in [3.8, 4) is 5.75 Å². The highest BCUT2D eigenvalue weighted by molar-refractivity contribution is 6.32. The zero-order valence-corrected chi connectivity index (χ0v) is 9.41. The molecule has 0 bridgehead atoms. The van der Waals surface area contributed by atoms with E-state index in [2.05, 4.69) is 0 Å². The molecule has 0 heterocycles. The van der Waals surface area contributed by atoms with Crippen LogP contribution in [0.4, 0.5) is 0 Å². The van der Waals surface area contributed by atoms with Crippen LogP contribution in [0.25, 0.3) is 0 Å². The largest absolute Gasteiger partial charge is 0.495 e. The van der Waals surface area contributed by atoms with Crippen LogP contribution >= 0.6 is 11.6 Å². The molecule has 0 aliphatic rings. The Balaban J connectivity index is 2.87. The Morgan fingerprint density at radius 1 is 1.60 bits per heavy atom. The van der Waals surface area contributed by atoms with E-state index in [-0.39, 0.29) is 12.3 Å². The summed E-state index contributed by atoms with van der Waals surface area (Å²) in [4.78, 5) is 10.5. The number of aliphatic carboxylic acids is 1. The molecular formula is C11H13ClO3. The molecule has 0 radical (unpaired) electrons. The molecule has 0 fully saturated rings. The average Bonchev–Trinajstić information content (AvgIpc) is 2.16. The molecule has 0 amide bonds. The molecule has 0 aliphatic carbocycles. The minimum atomic E-state index is -0.811. The maximum absolute atomic E-state index is 10.5. The Hall–Kier alpha value is -1.22. The lowest BCUT2D eigenvalue weighted by Crippen LogP contribution is -2.02. The van der Waals surface area contributed by atoms with Crippen molar-refractivity contribution in [2.45, 2.75) is 19.3 Å². The molecule has 0 saturated carbocycles. The second-order valence-electron chi connectivity index (χ2n) is 3.39. The highest BCUT2D eigenvalue weighted by Crippen LogP contribution is 2.29. The molecule has 3 nitrogen and oxygen atoms in total. The summed E-state index contributed by atoms with van der Waals surface area (Å²) in [6.07, 6.45) is 0.0999. The van der Waals surface area contributed by atoms with Gasteiger partial charge in [-0.15, -0.1) is 0 Å². The third-order valence-corrected chi connectivity index (χ3v) is 2.52. The van der Waals surface area contributed by atoms with Gasteiger partial charge in [0.15, 0.2) is 0 Å². The van der Waals surface area contributed by atoms with Crippen molar-refractivity contribution in [2.24, 2.45) is 0 Å². The number of carboxylic acids is 1. The normalized spacial score (nSPS) is 12.2. The first kappa shape index (κ1) is 11.9. The Bertz CT molecular complexity index is 363. The smallest absolute Gasteiger partial charge is 0.303 e. The number of carboxylic acid groups (broad SMARTS) is 1. The average molecular weight is 229 g/mol. The van der Waals surface area contributed by atoms with Gasteiger partial charge >= 0.3 is 5.97 Å². The summed E-state index contributed by atoms with van der Waals surface area (Å²) in [6.45, 7) is 1.85. The van der Waals surface area contributed by atoms with Crippen molar-refractivity contribution in [3.05, 3.63) is 28.8 Å². The van der Waals surface area contributed by atoms with Crippen molar-refractivity contribution in [3.63, 3.8) is 0 Å². The van der Waals surface area contributed by atoms with E-state index in [9.17, 15) is 4.79 Å². The Labute approximate surface area is 93.6 Å².